The molecule has 94 valence electrons. The Morgan fingerprint density at radius 1 is 1.25 bits per heavy atom. The van der Waals surface area contributed by atoms with Gasteiger partial charge in [0, 0.05) is 38.3 Å². The van der Waals surface area contributed by atoms with Gasteiger partial charge in [-0.2, -0.15) is 0 Å². The van der Waals surface area contributed by atoms with Crippen molar-refractivity contribution in [3.63, 3.8) is 0 Å². The van der Waals surface area contributed by atoms with E-state index in [-0.39, 0.29) is 5.54 Å². The predicted molar refractivity (Wildman–Crippen MR) is 67.0 cm³/mol. The highest BCUT2D eigenvalue weighted by Gasteiger charge is 2.52. The van der Waals surface area contributed by atoms with E-state index in [0.29, 0.717) is 5.41 Å². The van der Waals surface area contributed by atoms with Crippen molar-refractivity contribution in [2.75, 3.05) is 39.8 Å². The normalized spacial score (nSPS) is 30.0. The average Bonchev–Trinajstić information content (AvgIpc) is 3.01. The number of hydrogen-bond donors (Lipinski definition) is 2. The van der Waals surface area contributed by atoms with Crippen LogP contribution in [0.25, 0.3) is 0 Å². The van der Waals surface area contributed by atoms with Crippen molar-refractivity contribution < 1.29 is 0 Å². The molecule has 0 aromatic rings. The summed E-state index contributed by atoms with van der Waals surface area (Å²) in [7, 11) is 2.18. The fraction of sp³-hybridized carbons (Fsp3) is 1.00. The van der Waals surface area contributed by atoms with Crippen LogP contribution in [-0.2, 0) is 0 Å². The summed E-state index contributed by atoms with van der Waals surface area (Å²) in [5.74, 6) is 0. The molecule has 0 radical (unpaired) electrons. The molecule has 1 heterocycles. The van der Waals surface area contributed by atoms with E-state index in [1.54, 1.807) is 0 Å². The monoisotopic (exact) mass is 226 g/mol. The summed E-state index contributed by atoms with van der Waals surface area (Å²) < 4.78 is 0. The molecule has 0 bridgehead atoms. The van der Waals surface area contributed by atoms with Crippen molar-refractivity contribution in [3.05, 3.63) is 0 Å². The molecule has 4 heteroatoms. The first-order chi connectivity index (χ1) is 7.49. The third kappa shape index (κ3) is 2.25. The molecule has 0 amide bonds. The Bertz CT molecular complexity index is 243. The first-order valence-corrected chi connectivity index (χ1v) is 6.40. The minimum Gasteiger partial charge on any atom is -0.329 e. The molecule has 0 aromatic heterocycles. The SMILES string of the molecule is CN1CCN(NC(C)(CN)C2(C)CC2)CC1. The minimum absolute atomic E-state index is 0.0723. The van der Waals surface area contributed by atoms with Gasteiger partial charge >= 0.3 is 0 Å². The Morgan fingerprint density at radius 2 is 1.81 bits per heavy atom. The van der Waals surface area contributed by atoms with Crippen molar-refractivity contribution in [2.24, 2.45) is 11.1 Å². The molecule has 1 aliphatic heterocycles. The Morgan fingerprint density at radius 3 is 2.25 bits per heavy atom. The predicted octanol–water partition coefficient (Wildman–Crippen LogP) is 0.256. The van der Waals surface area contributed by atoms with E-state index >= 15 is 0 Å². The van der Waals surface area contributed by atoms with E-state index in [2.05, 4.69) is 36.2 Å². The maximum absolute atomic E-state index is 5.98. The zero-order valence-electron chi connectivity index (χ0n) is 10.9. The van der Waals surface area contributed by atoms with Gasteiger partial charge in [0.05, 0.1) is 0 Å². The van der Waals surface area contributed by atoms with Gasteiger partial charge in [0.15, 0.2) is 0 Å². The molecule has 0 spiro atoms. The molecule has 1 saturated heterocycles. The number of nitrogens with zero attached hydrogens (tertiary/aromatic N) is 2. The van der Waals surface area contributed by atoms with Gasteiger partial charge in [-0.05, 0) is 32.2 Å². The van der Waals surface area contributed by atoms with E-state index in [0.717, 1.165) is 32.7 Å². The van der Waals surface area contributed by atoms with Crippen LogP contribution >= 0.6 is 0 Å². The number of hydrazine groups is 1. The van der Waals surface area contributed by atoms with Gasteiger partial charge in [-0.1, -0.05) is 6.92 Å². The van der Waals surface area contributed by atoms with Crippen molar-refractivity contribution in [2.45, 2.75) is 32.2 Å². The molecular formula is C12H26N4. The number of piperazine rings is 1. The highest BCUT2D eigenvalue weighted by molar-refractivity contribution is 5.08. The Kier molecular flexibility index (Phi) is 3.27. The van der Waals surface area contributed by atoms with Crippen LogP contribution in [0, 0.1) is 5.41 Å². The second-order valence-corrected chi connectivity index (χ2v) is 6.00. The summed E-state index contributed by atoms with van der Waals surface area (Å²) in [5.41, 5.74) is 10.1. The standard InChI is InChI=1S/C12H26N4/c1-11(4-5-11)12(2,10-13)14-16-8-6-15(3)7-9-16/h14H,4-10,13H2,1-3H3. The number of nitrogens with one attached hydrogen (secondary N) is 1. The number of nitrogens with two attached hydrogens (primary N) is 1. The number of hydrogen-bond acceptors (Lipinski definition) is 4. The quantitative estimate of drug-likeness (QED) is 0.721. The summed E-state index contributed by atoms with van der Waals surface area (Å²) in [6.07, 6.45) is 2.61. The zero-order chi connectivity index (χ0) is 11.8. The molecule has 1 saturated carbocycles. The van der Waals surface area contributed by atoms with Gasteiger partial charge in [0.2, 0.25) is 0 Å². The summed E-state index contributed by atoms with van der Waals surface area (Å²) in [4.78, 5) is 2.37. The van der Waals surface area contributed by atoms with Crippen LogP contribution in [-0.4, -0.2) is 55.2 Å². The second kappa shape index (κ2) is 4.26. The molecule has 1 aliphatic carbocycles. The first kappa shape index (κ1) is 12.3. The highest BCUT2D eigenvalue weighted by Crippen LogP contribution is 2.53. The Hall–Kier alpha value is -0.160. The lowest BCUT2D eigenvalue weighted by atomic mass is 9.84. The number of rotatable bonds is 4. The molecule has 2 aliphatic rings. The second-order valence-electron chi connectivity index (χ2n) is 6.00. The first-order valence-electron chi connectivity index (χ1n) is 6.40. The van der Waals surface area contributed by atoms with Gasteiger partial charge in [-0.25, -0.2) is 10.4 Å². The van der Waals surface area contributed by atoms with Crippen LogP contribution in [0.3, 0.4) is 0 Å². The van der Waals surface area contributed by atoms with Gasteiger partial charge in [0.25, 0.3) is 0 Å². The Labute approximate surface area is 99.1 Å². The smallest absolute Gasteiger partial charge is 0.0473 e. The Balaban J connectivity index is 1.92. The lowest BCUT2D eigenvalue weighted by Gasteiger charge is -2.43. The molecule has 0 aromatic carbocycles. The van der Waals surface area contributed by atoms with Crippen molar-refractivity contribution >= 4 is 0 Å². The topological polar surface area (TPSA) is 44.5 Å². The van der Waals surface area contributed by atoms with Crippen molar-refractivity contribution in [1.82, 2.24) is 15.3 Å². The van der Waals surface area contributed by atoms with Crippen LogP contribution < -0.4 is 11.2 Å². The summed E-state index contributed by atoms with van der Waals surface area (Å²) in [6.45, 7) is 9.83. The fourth-order valence-electron chi connectivity index (χ4n) is 2.43. The van der Waals surface area contributed by atoms with Crippen LogP contribution in [0.5, 0.6) is 0 Å². The zero-order valence-corrected chi connectivity index (χ0v) is 10.9. The average molecular weight is 226 g/mol. The van der Waals surface area contributed by atoms with E-state index in [1.165, 1.54) is 12.8 Å². The van der Waals surface area contributed by atoms with Crippen LogP contribution in [0.1, 0.15) is 26.7 Å². The van der Waals surface area contributed by atoms with Crippen molar-refractivity contribution in [1.29, 1.82) is 0 Å². The molecule has 1 atom stereocenters. The van der Waals surface area contributed by atoms with Gasteiger partial charge < -0.3 is 10.6 Å². The van der Waals surface area contributed by atoms with Gasteiger partial charge in [-0.15, -0.1) is 0 Å². The van der Waals surface area contributed by atoms with Gasteiger partial charge in [0.1, 0.15) is 0 Å². The lowest BCUT2D eigenvalue weighted by Crippen LogP contribution is -2.63. The molecule has 2 rings (SSSR count). The molecule has 3 N–H and O–H groups in total. The maximum atomic E-state index is 5.98. The van der Waals surface area contributed by atoms with Gasteiger partial charge in [-0.3, -0.25) is 0 Å². The summed E-state index contributed by atoms with van der Waals surface area (Å²) >= 11 is 0. The molecule has 4 nitrogen and oxygen atoms in total. The maximum Gasteiger partial charge on any atom is 0.0473 e. The number of likely N-dealkylation sites (N-methyl/N-ethyl adjacent to an activating group) is 1. The lowest BCUT2D eigenvalue weighted by molar-refractivity contribution is 0.0347. The third-order valence-electron chi connectivity index (χ3n) is 4.65. The van der Waals surface area contributed by atoms with Crippen molar-refractivity contribution in [3.8, 4) is 0 Å². The summed E-state index contributed by atoms with van der Waals surface area (Å²) in [5, 5.41) is 2.36. The summed E-state index contributed by atoms with van der Waals surface area (Å²) in [6, 6.07) is 0. The van der Waals surface area contributed by atoms with E-state index in [9.17, 15) is 0 Å². The third-order valence-corrected chi connectivity index (χ3v) is 4.65. The largest absolute Gasteiger partial charge is 0.329 e. The molecule has 2 fully saturated rings. The van der Waals surface area contributed by atoms with E-state index < -0.39 is 0 Å². The molecule has 1 unspecified atom stereocenters. The minimum atomic E-state index is 0.0723. The molecule has 16 heavy (non-hydrogen) atoms. The van der Waals surface area contributed by atoms with E-state index in [1.807, 2.05) is 0 Å². The van der Waals surface area contributed by atoms with E-state index in [4.69, 9.17) is 5.73 Å². The highest BCUT2D eigenvalue weighted by atomic mass is 15.6. The van der Waals surface area contributed by atoms with Crippen LogP contribution in [0.15, 0.2) is 0 Å². The van der Waals surface area contributed by atoms with Crippen LogP contribution in [0.2, 0.25) is 0 Å². The van der Waals surface area contributed by atoms with Crippen LogP contribution in [0.4, 0.5) is 0 Å². The molecular weight excluding hydrogens is 200 g/mol. The fourth-order valence-corrected chi connectivity index (χ4v) is 2.43.